The summed E-state index contributed by atoms with van der Waals surface area (Å²) < 4.78 is 44.8. The number of aliphatic imine (C=N–C) groups is 1. The zero-order valence-electron chi connectivity index (χ0n) is 18.7. The molecule has 1 amide bonds. The van der Waals surface area contributed by atoms with Gasteiger partial charge in [-0.1, -0.05) is 23.2 Å². The van der Waals surface area contributed by atoms with E-state index in [-0.39, 0.29) is 29.1 Å². The summed E-state index contributed by atoms with van der Waals surface area (Å²) in [6.45, 7) is 4.77. The van der Waals surface area contributed by atoms with Gasteiger partial charge in [-0.25, -0.2) is 9.82 Å². The molecule has 1 aliphatic heterocycles. The van der Waals surface area contributed by atoms with Gasteiger partial charge < -0.3 is 15.4 Å². The van der Waals surface area contributed by atoms with Crippen molar-refractivity contribution in [2.75, 3.05) is 12.0 Å². The third kappa shape index (κ3) is 7.28. The Labute approximate surface area is 208 Å². The number of hydrogen-bond donors (Lipinski definition) is 3. The number of pyridine rings is 1. The number of amides is 1. The number of guanidine groups is 1. The second-order valence-electron chi connectivity index (χ2n) is 7.87. The van der Waals surface area contributed by atoms with E-state index < -0.39 is 29.5 Å². The van der Waals surface area contributed by atoms with Crippen molar-refractivity contribution in [3.8, 4) is 0 Å². The Kier molecular flexibility index (Phi) is 7.90. The van der Waals surface area contributed by atoms with Gasteiger partial charge in [-0.3, -0.25) is 10.2 Å². The van der Waals surface area contributed by atoms with Crippen LogP contribution < -0.4 is 10.6 Å². The number of carbonyl (C=O) groups excluding carboxylic acids is 1. The second-order valence-corrected chi connectivity index (χ2v) is 8.74. The van der Waals surface area contributed by atoms with E-state index in [2.05, 4.69) is 20.6 Å². The molecule has 2 heterocycles. The average Bonchev–Trinajstić information content (AvgIpc) is 3.13. The molecule has 1 unspecified atom stereocenters. The molecule has 1 atom stereocenters. The maximum Gasteiger partial charge on any atom is 0.416 e. The van der Waals surface area contributed by atoms with Crippen molar-refractivity contribution in [2.45, 2.75) is 38.8 Å². The Balaban J connectivity index is 1.85. The number of halogens is 5. The Hall–Kier alpha value is -2.93. The van der Waals surface area contributed by atoms with Gasteiger partial charge in [0.25, 0.3) is 5.91 Å². The number of hydroxylamine groups is 2. The van der Waals surface area contributed by atoms with Crippen molar-refractivity contribution in [1.29, 1.82) is 5.41 Å². The largest absolute Gasteiger partial charge is 0.416 e. The predicted molar refractivity (Wildman–Crippen MR) is 124 cm³/mol. The summed E-state index contributed by atoms with van der Waals surface area (Å²) in [5.41, 5.74) is -1.36. The van der Waals surface area contributed by atoms with E-state index in [0.29, 0.717) is 16.9 Å². The topological polar surface area (TPSA) is 112 Å². The molecule has 0 bridgehead atoms. The van der Waals surface area contributed by atoms with Gasteiger partial charge in [0.05, 0.1) is 16.6 Å². The van der Waals surface area contributed by atoms with Crippen molar-refractivity contribution in [3.05, 3.63) is 57.7 Å². The molecule has 1 aromatic carbocycles. The van der Waals surface area contributed by atoms with Crippen LogP contribution in [-0.2, 0) is 15.8 Å². The smallest absolute Gasteiger partial charge is 0.342 e. The van der Waals surface area contributed by atoms with Gasteiger partial charge in [-0.15, -0.1) is 0 Å². The van der Waals surface area contributed by atoms with Crippen LogP contribution >= 0.6 is 23.2 Å². The van der Waals surface area contributed by atoms with Gasteiger partial charge in [0.1, 0.15) is 11.7 Å². The number of hydrogen-bond acceptors (Lipinski definition) is 5. The SMILES string of the molecule is CC(NC(=O)c1cc(Cl)cc(C(F)(F)F)c1)/C(=N/C(=N)N1COC(C)(C)O1)Nc1ccc(Cl)cn1. The van der Waals surface area contributed by atoms with Gasteiger partial charge in [0, 0.05) is 16.8 Å². The van der Waals surface area contributed by atoms with E-state index in [9.17, 15) is 18.0 Å². The number of carbonyl (C=O) groups is 1. The minimum absolute atomic E-state index is 0.0459. The van der Waals surface area contributed by atoms with Crippen molar-refractivity contribution in [3.63, 3.8) is 0 Å². The average molecular weight is 533 g/mol. The molecule has 2 aromatic rings. The van der Waals surface area contributed by atoms with Crippen LogP contribution in [0.2, 0.25) is 10.0 Å². The van der Waals surface area contributed by atoms with Crippen LogP contribution in [0, 0.1) is 5.41 Å². The Morgan fingerprint density at radius 1 is 1.26 bits per heavy atom. The molecule has 9 nitrogen and oxygen atoms in total. The van der Waals surface area contributed by atoms with Crippen molar-refractivity contribution in [1.82, 2.24) is 15.4 Å². The van der Waals surface area contributed by atoms with Crippen LogP contribution in [0.1, 0.15) is 36.7 Å². The summed E-state index contributed by atoms with van der Waals surface area (Å²) in [6, 6.07) is 4.73. The van der Waals surface area contributed by atoms with Crippen molar-refractivity contribution < 1.29 is 27.5 Å². The highest BCUT2D eigenvalue weighted by Gasteiger charge is 2.34. The summed E-state index contributed by atoms with van der Waals surface area (Å²) in [5, 5.41) is 14.9. The first-order valence-corrected chi connectivity index (χ1v) is 10.8. The lowest BCUT2D eigenvalue weighted by atomic mass is 10.1. The first-order valence-electron chi connectivity index (χ1n) is 10.1. The molecule has 1 fully saturated rings. The third-order valence-electron chi connectivity index (χ3n) is 4.55. The van der Waals surface area contributed by atoms with E-state index >= 15 is 0 Å². The van der Waals surface area contributed by atoms with E-state index in [1.54, 1.807) is 26.0 Å². The lowest BCUT2D eigenvalue weighted by Gasteiger charge is -2.21. The second kappa shape index (κ2) is 10.4. The van der Waals surface area contributed by atoms with E-state index in [1.165, 1.54) is 13.1 Å². The highest BCUT2D eigenvalue weighted by molar-refractivity contribution is 6.31. The van der Waals surface area contributed by atoms with E-state index in [1.807, 2.05) is 0 Å². The number of anilines is 1. The van der Waals surface area contributed by atoms with Crippen molar-refractivity contribution in [2.24, 2.45) is 4.99 Å². The summed E-state index contributed by atoms with van der Waals surface area (Å²) in [6.07, 6.45) is -3.30. The summed E-state index contributed by atoms with van der Waals surface area (Å²) in [5.74, 6) is -1.81. The normalized spacial score (nSPS) is 16.7. The minimum atomic E-state index is -4.68. The van der Waals surface area contributed by atoms with Crippen LogP contribution in [-0.4, -0.2) is 46.3 Å². The number of amidine groups is 1. The number of rotatable bonds is 4. The number of alkyl halides is 3. The molecule has 1 saturated heterocycles. The fourth-order valence-corrected chi connectivity index (χ4v) is 3.20. The predicted octanol–water partition coefficient (Wildman–Crippen LogP) is 4.93. The lowest BCUT2D eigenvalue weighted by Crippen LogP contribution is -2.43. The molecule has 3 rings (SSSR count). The minimum Gasteiger partial charge on any atom is -0.342 e. The Morgan fingerprint density at radius 3 is 2.54 bits per heavy atom. The molecule has 1 aliphatic rings. The van der Waals surface area contributed by atoms with Crippen molar-refractivity contribution >= 4 is 46.7 Å². The summed E-state index contributed by atoms with van der Waals surface area (Å²) in [4.78, 5) is 26.5. The highest BCUT2D eigenvalue weighted by atomic mass is 35.5. The molecular weight excluding hydrogens is 512 g/mol. The molecule has 0 aliphatic carbocycles. The van der Waals surface area contributed by atoms with Crippen LogP contribution in [0.4, 0.5) is 19.0 Å². The molecule has 188 valence electrons. The van der Waals surface area contributed by atoms with Gasteiger partial charge in [0.2, 0.25) is 5.96 Å². The van der Waals surface area contributed by atoms with E-state index in [0.717, 1.165) is 17.2 Å². The lowest BCUT2D eigenvalue weighted by molar-refractivity contribution is -0.187. The molecule has 0 spiro atoms. The highest BCUT2D eigenvalue weighted by Crippen LogP contribution is 2.32. The summed E-state index contributed by atoms with van der Waals surface area (Å²) >= 11 is 11.7. The molecular formula is C21H21Cl2F3N6O3. The molecule has 0 saturated carbocycles. The standard InChI is InChI=1S/C21H21Cl2F3N6O3/c1-11(29-18(33)12-6-13(21(24,25)26)8-15(23)7-12)17(30-16-5-4-14(22)9-28-16)31-19(27)32-10-34-20(2,3)35-32/h4-9,11H,10H2,1-3H3,(H,29,33)(H2,27,28,30,31). The van der Waals surface area contributed by atoms with Gasteiger partial charge in [-0.05, 0) is 51.1 Å². The summed E-state index contributed by atoms with van der Waals surface area (Å²) in [7, 11) is 0. The number of nitrogens with zero attached hydrogens (tertiary/aromatic N) is 3. The quantitative estimate of drug-likeness (QED) is 0.380. The third-order valence-corrected chi connectivity index (χ3v) is 4.99. The Morgan fingerprint density at radius 2 is 1.97 bits per heavy atom. The fourth-order valence-electron chi connectivity index (χ4n) is 2.85. The van der Waals surface area contributed by atoms with Crippen LogP contribution in [0.15, 0.2) is 41.5 Å². The van der Waals surface area contributed by atoms with Crippen LogP contribution in [0.5, 0.6) is 0 Å². The molecule has 35 heavy (non-hydrogen) atoms. The molecule has 14 heteroatoms. The van der Waals surface area contributed by atoms with Gasteiger partial charge in [-0.2, -0.15) is 23.2 Å². The number of ether oxygens (including phenoxy) is 1. The molecule has 3 N–H and O–H groups in total. The van der Waals surface area contributed by atoms with Crippen LogP contribution in [0.3, 0.4) is 0 Å². The van der Waals surface area contributed by atoms with Gasteiger partial charge >= 0.3 is 6.18 Å². The molecule has 1 aromatic heterocycles. The zero-order chi connectivity index (χ0) is 26.0. The first-order chi connectivity index (χ1) is 16.2. The maximum absolute atomic E-state index is 13.1. The first kappa shape index (κ1) is 26.7. The van der Waals surface area contributed by atoms with Crippen LogP contribution in [0.25, 0.3) is 0 Å². The maximum atomic E-state index is 13.1. The number of nitrogens with one attached hydrogen (secondary N) is 3. The zero-order valence-corrected chi connectivity index (χ0v) is 20.2. The molecule has 0 radical (unpaired) electrons. The Bertz CT molecular complexity index is 1140. The van der Waals surface area contributed by atoms with Gasteiger partial charge in [0.15, 0.2) is 12.5 Å². The monoisotopic (exact) mass is 532 g/mol. The number of aromatic nitrogens is 1. The number of benzene rings is 1. The fraction of sp³-hybridized carbons (Fsp3) is 0.333. The van der Waals surface area contributed by atoms with E-state index in [4.69, 9.17) is 38.2 Å².